The van der Waals surface area contributed by atoms with E-state index in [9.17, 15) is 10.2 Å². The van der Waals surface area contributed by atoms with E-state index in [4.69, 9.17) is 4.74 Å². The summed E-state index contributed by atoms with van der Waals surface area (Å²) >= 11 is 0. The molecule has 0 aromatic carbocycles. The molecular formula is C12H18N2O3. The zero-order chi connectivity index (χ0) is 12.3. The summed E-state index contributed by atoms with van der Waals surface area (Å²) in [6.45, 7) is 2.50. The van der Waals surface area contributed by atoms with Crippen molar-refractivity contribution in [3.63, 3.8) is 0 Å². The van der Waals surface area contributed by atoms with Crippen LogP contribution in [-0.2, 0) is 11.3 Å². The Kier molecular flexibility index (Phi) is 4.06. The maximum absolute atomic E-state index is 9.78. The predicted octanol–water partition coefficient (Wildman–Crippen LogP) is 0.0279. The molecule has 4 atom stereocenters. The van der Waals surface area contributed by atoms with E-state index in [-0.39, 0.29) is 12.1 Å². The molecule has 1 aliphatic rings. The number of hydrogen-bond acceptors (Lipinski definition) is 5. The van der Waals surface area contributed by atoms with Crippen LogP contribution in [-0.4, -0.2) is 39.7 Å². The normalized spacial score (nSPS) is 33.6. The van der Waals surface area contributed by atoms with Gasteiger partial charge in [0.2, 0.25) is 0 Å². The van der Waals surface area contributed by atoms with Gasteiger partial charge in [0.1, 0.15) is 6.10 Å². The summed E-state index contributed by atoms with van der Waals surface area (Å²) in [5.41, 5.74) is 1.05. The van der Waals surface area contributed by atoms with Crippen LogP contribution in [0, 0.1) is 0 Å². The molecule has 2 rings (SSSR count). The number of aliphatic hydroxyl groups is 2. The van der Waals surface area contributed by atoms with Crippen molar-refractivity contribution in [3.05, 3.63) is 30.1 Å². The summed E-state index contributed by atoms with van der Waals surface area (Å²) in [6, 6.07) is 3.68. The molecule has 94 valence electrons. The third kappa shape index (κ3) is 3.23. The molecule has 1 aromatic heterocycles. The molecule has 3 unspecified atom stereocenters. The fraction of sp³-hybridized carbons (Fsp3) is 0.583. The molecule has 3 N–H and O–H groups in total. The van der Waals surface area contributed by atoms with Gasteiger partial charge >= 0.3 is 0 Å². The Bertz CT molecular complexity index is 347. The highest BCUT2D eigenvalue weighted by atomic mass is 16.6. The van der Waals surface area contributed by atoms with E-state index in [1.165, 1.54) is 0 Å². The number of aromatic nitrogens is 1. The second-order valence-corrected chi connectivity index (χ2v) is 4.41. The molecule has 0 radical (unpaired) electrons. The Hall–Kier alpha value is -1.01. The van der Waals surface area contributed by atoms with Crippen LogP contribution >= 0.6 is 0 Å². The van der Waals surface area contributed by atoms with Gasteiger partial charge in [-0.3, -0.25) is 4.98 Å². The first kappa shape index (κ1) is 12.4. The van der Waals surface area contributed by atoms with Gasteiger partial charge in [-0.1, -0.05) is 6.07 Å². The van der Waals surface area contributed by atoms with Crippen LogP contribution in [0.15, 0.2) is 24.5 Å². The highest BCUT2D eigenvalue weighted by molar-refractivity contribution is 5.08. The summed E-state index contributed by atoms with van der Waals surface area (Å²) in [4.78, 5) is 4.02. The molecule has 1 aromatic rings. The first-order valence-corrected chi connectivity index (χ1v) is 5.80. The van der Waals surface area contributed by atoms with Gasteiger partial charge in [-0.05, 0) is 25.0 Å². The molecule has 0 amide bonds. The molecule has 0 aliphatic carbocycles. The quantitative estimate of drug-likeness (QED) is 0.692. The minimum Gasteiger partial charge on any atom is -0.386 e. The van der Waals surface area contributed by atoms with Crippen LogP contribution in [0.3, 0.4) is 0 Å². The zero-order valence-corrected chi connectivity index (χ0v) is 9.78. The van der Waals surface area contributed by atoms with E-state index in [1.807, 2.05) is 19.1 Å². The second-order valence-electron chi connectivity index (χ2n) is 4.41. The summed E-state index contributed by atoms with van der Waals surface area (Å²) in [5, 5.41) is 22.5. The smallest absolute Gasteiger partial charge is 0.182 e. The largest absolute Gasteiger partial charge is 0.386 e. The molecule has 1 fully saturated rings. The molecule has 0 saturated carbocycles. The third-order valence-corrected chi connectivity index (χ3v) is 2.95. The number of pyridine rings is 1. The Labute approximate surface area is 100 Å². The van der Waals surface area contributed by atoms with Gasteiger partial charge in [-0.15, -0.1) is 0 Å². The van der Waals surface area contributed by atoms with Crippen molar-refractivity contribution in [3.8, 4) is 0 Å². The van der Waals surface area contributed by atoms with Crippen molar-refractivity contribution in [2.24, 2.45) is 0 Å². The first-order valence-electron chi connectivity index (χ1n) is 5.80. The SMILES string of the molecule is C[C@@H]1CC(NCc2cccnc2)C(O)C(O)O1. The lowest BCUT2D eigenvalue weighted by molar-refractivity contribution is -0.220. The monoisotopic (exact) mass is 238 g/mol. The molecule has 1 saturated heterocycles. The Morgan fingerprint density at radius 1 is 1.53 bits per heavy atom. The van der Waals surface area contributed by atoms with Crippen LogP contribution < -0.4 is 5.32 Å². The predicted molar refractivity (Wildman–Crippen MR) is 62.0 cm³/mol. The maximum atomic E-state index is 9.78. The minimum absolute atomic E-state index is 0.0557. The molecule has 0 spiro atoms. The Balaban J connectivity index is 1.89. The fourth-order valence-electron chi connectivity index (χ4n) is 2.03. The van der Waals surface area contributed by atoms with Crippen LogP contribution in [0.4, 0.5) is 0 Å². The number of hydrogen-bond donors (Lipinski definition) is 3. The fourth-order valence-corrected chi connectivity index (χ4v) is 2.03. The second kappa shape index (κ2) is 5.55. The van der Waals surface area contributed by atoms with Gasteiger partial charge in [0.15, 0.2) is 6.29 Å². The molecule has 17 heavy (non-hydrogen) atoms. The first-order chi connectivity index (χ1) is 8.16. The van der Waals surface area contributed by atoms with Gasteiger partial charge in [-0.2, -0.15) is 0 Å². The van der Waals surface area contributed by atoms with Crippen LogP contribution in [0.5, 0.6) is 0 Å². The van der Waals surface area contributed by atoms with Crippen molar-refractivity contribution in [1.82, 2.24) is 10.3 Å². The lowest BCUT2D eigenvalue weighted by atomic mass is 10.00. The lowest BCUT2D eigenvalue weighted by Crippen LogP contribution is -2.53. The molecule has 5 nitrogen and oxygen atoms in total. The van der Waals surface area contributed by atoms with Gasteiger partial charge in [-0.25, -0.2) is 0 Å². The molecule has 5 heteroatoms. The number of nitrogens with one attached hydrogen (secondary N) is 1. The minimum atomic E-state index is -1.11. The molecular weight excluding hydrogens is 220 g/mol. The third-order valence-electron chi connectivity index (χ3n) is 2.95. The van der Waals surface area contributed by atoms with Crippen molar-refractivity contribution >= 4 is 0 Å². The zero-order valence-electron chi connectivity index (χ0n) is 9.78. The van der Waals surface area contributed by atoms with Crippen molar-refractivity contribution in [2.45, 2.75) is 44.4 Å². The molecule has 2 heterocycles. The van der Waals surface area contributed by atoms with Crippen molar-refractivity contribution in [2.75, 3.05) is 0 Å². The van der Waals surface area contributed by atoms with E-state index < -0.39 is 12.4 Å². The van der Waals surface area contributed by atoms with E-state index in [0.29, 0.717) is 13.0 Å². The van der Waals surface area contributed by atoms with Gasteiger partial charge in [0.05, 0.1) is 6.10 Å². The van der Waals surface area contributed by atoms with Crippen molar-refractivity contribution in [1.29, 1.82) is 0 Å². The summed E-state index contributed by atoms with van der Waals surface area (Å²) < 4.78 is 5.13. The maximum Gasteiger partial charge on any atom is 0.182 e. The van der Waals surface area contributed by atoms with Crippen LogP contribution in [0.1, 0.15) is 18.9 Å². The summed E-state index contributed by atoms with van der Waals surface area (Å²) in [7, 11) is 0. The van der Waals surface area contributed by atoms with E-state index in [1.54, 1.807) is 12.4 Å². The number of nitrogens with zero attached hydrogens (tertiary/aromatic N) is 1. The van der Waals surface area contributed by atoms with Crippen LogP contribution in [0.25, 0.3) is 0 Å². The Morgan fingerprint density at radius 3 is 3.06 bits per heavy atom. The average molecular weight is 238 g/mol. The number of ether oxygens (including phenoxy) is 1. The lowest BCUT2D eigenvalue weighted by Gasteiger charge is -2.36. The van der Waals surface area contributed by atoms with Crippen molar-refractivity contribution < 1.29 is 14.9 Å². The average Bonchev–Trinajstić information content (AvgIpc) is 2.33. The summed E-state index contributed by atoms with van der Waals surface area (Å²) in [5.74, 6) is 0. The molecule has 0 bridgehead atoms. The highest BCUT2D eigenvalue weighted by Crippen LogP contribution is 2.18. The number of aliphatic hydroxyl groups excluding tert-OH is 2. The van der Waals surface area contributed by atoms with Gasteiger partial charge in [0.25, 0.3) is 0 Å². The van der Waals surface area contributed by atoms with E-state index in [2.05, 4.69) is 10.3 Å². The van der Waals surface area contributed by atoms with E-state index in [0.717, 1.165) is 5.56 Å². The standard InChI is InChI=1S/C12H18N2O3/c1-8-5-10(11(15)12(16)17-8)14-7-9-3-2-4-13-6-9/h2-4,6,8,10-12,14-16H,5,7H2,1H3/t8-,10?,11?,12?/m1/s1. The van der Waals surface area contributed by atoms with E-state index >= 15 is 0 Å². The molecule has 1 aliphatic heterocycles. The summed E-state index contributed by atoms with van der Waals surface area (Å²) in [6.07, 6.45) is 2.13. The Morgan fingerprint density at radius 2 is 2.35 bits per heavy atom. The van der Waals surface area contributed by atoms with Gasteiger partial charge in [0, 0.05) is 25.0 Å². The van der Waals surface area contributed by atoms with Crippen LogP contribution in [0.2, 0.25) is 0 Å². The number of rotatable bonds is 3. The van der Waals surface area contributed by atoms with Gasteiger partial charge < -0.3 is 20.3 Å². The highest BCUT2D eigenvalue weighted by Gasteiger charge is 2.34. The topological polar surface area (TPSA) is 74.6 Å².